The van der Waals surface area contributed by atoms with Crippen LogP contribution in [0, 0.1) is 5.92 Å². The van der Waals surface area contributed by atoms with Crippen molar-refractivity contribution in [3.05, 3.63) is 29.8 Å². The predicted molar refractivity (Wildman–Crippen MR) is 87.4 cm³/mol. The van der Waals surface area contributed by atoms with Crippen molar-refractivity contribution in [1.82, 2.24) is 0 Å². The zero-order valence-corrected chi connectivity index (χ0v) is 14.0. The van der Waals surface area contributed by atoms with Crippen LogP contribution in [0.15, 0.2) is 24.3 Å². The zero-order chi connectivity index (χ0) is 15.0. The molecule has 0 bridgehead atoms. The molecule has 1 aromatic rings. The van der Waals surface area contributed by atoms with Crippen molar-refractivity contribution >= 4 is 18.5 Å². The van der Waals surface area contributed by atoms with E-state index in [2.05, 4.69) is 25.7 Å². The van der Waals surface area contributed by atoms with E-state index in [1.807, 2.05) is 18.2 Å². The molecule has 114 valence electrons. The maximum absolute atomic E-state index is 9.25. The molecule has 0 amide bonds. The van der Waals surface area contributed by atoms with E-state index in [1.165, 1.54) is 25.7 Å². The van der Waals surface area contributed by atoms with Gasteiger partial charge < -0.3 is 14.3 Å². The number of unbranched alkanes of at least 4 members (excludes halogenated alkanes) is 3. The van der Waals surface area contributed by atoms with Gasteiger partial charge >= 0.3 is 6.72 Å². The lowest BCUT2D eigenvalue weighted by Gasteiger charge is -2.13. The Kier molecular flexibility index (Phi) is 7.75. The summed E-state index contributed by atoms with van der Waals surface area (Å²) >= 11 is 4.52. The van der Waals surface area contributed by atoms with Gasteiger partial charge in [-0.3, -0.25) is 0 Å². The second-order valence-electron chi connectivity index (χ2n) is 5.54. The smallest absolute Gasteiger partial charge is 0.375 e. The van der Waals surface area contributed by atoms with E-state index in [0.717, 1.165) is 24.3 Å². The zero-order valence-electron chi connectivity index (χ0n) is 12.3. The van der Waals surface area contributed by atoms with Crippen molar-refractivity contribution < 1.29 is 14.3 Å². The number of hydrogen-bond acceptors (Lipinski definition) is 2. The molecule has 0 atom stereocenters. The van der Waals surface area contributed by atoms with Gasteiger partial charge in [-0.25, -0.2) is 0 Å². The second kappa shape index (κ2) is 8.78. The Morgan fingerprint density at radius 2 is 1.75 bits per heavy atom. The minimum absolute atomic E-state index is 0.503. The molecule has 0 radical (unpaired) electrons. The first kappa shape index (κ1) is 17.6. The monoisotopic (exact) mass is 316 g/mol. The second-order valence-corrected chi connectivity index (χ2v) is 8.13. The van der Waals surface area contributed by atoms with E-state index < -0.39 is 6.72 Å². The summed E-state index contributed by atoms with van der Waals surface area (Å²) in [6.45, 7) is 0.861. The summed E-state index contributed by atoms with van der Waals surface area (Å²) in [7, 11) is 0. The van der Waals surface area contributed by atoms with Crippen LogP contribution in [-0.4, -0.2) is 9.79 Å². The Bertz CT molecular complexity index is 442. The highest BCUT2D eigenvalue weighted by molar-refractivity contribution is 8.06. The lowest BCUT2D eigenvalue weighted by atomic mass is 10.0. The van der Waals surface area contributed by atoms with Crippen LogP contribution in [-0.2, 0) is 18.2 Å². The van der Waals surface area contributed by atoms with Crippen LogP contribution in [0.1, 0.15) is 51.5 Å². The van der Waals surface area contributed by atoms with E-state index in [4.69, 9.17) is 4.52 Å². The van der Waals surface area contributed by atoms with Gasteiger partial charge in [-0.2, -0.15) is 0 Å². The van der Waals surface area contributed by atoms with E-state index in [9.17, 15) is 9.79 Å². The van der Waals surface area contributed by atoms with Crippen molar-refractivity contribution in [2.75, 3.05) is 0 Å². The first-order valence-electron chi connectivity index (χ1n) is 7.21. The molecule has 1 rings (SSSR count). The summed E-state index contributed by atoms with van der Waals surface area (Å²) < 4.78 is 5.08. The van der Waals surface area contributed by atoms with Crippen molar-refractivity contribution in [3.8, 4) is 5.75 Å². The van der Waals surface area contributed by atoms with Crippen molar-refractivity contribution in [2.24, 2.45) is 5.92 Å². The fourth-order valence-corrected chi connectivity index (χ4v) is 2.82. The van der Waals surface area contributed by atoms with Gasteiger partial charge in [0.2, 0.25) is 0 Å². The summed E-state index contributed by atoms with van der Waals surface area (Å²) in [4.78, 5) is 18.5. The van der Waals surface area contributed by atoms with Gasteiger partial charge in [-0.05, 0) is 30.4 Å². The van der Waals surface area contributed by atoms with Crippen LogP contribution in [0.5, 0.6) is 5.75 Å². The lowest BCUT2D eigenvalue weighted by Crippen LogP contribution is -1.95. The number of para-hydroxylation sites is 1. The first-order chi connectivity index (χ1) is 9.38. The van der Waals surface area contributed by atoms with Gasteiger partial charge in [0.1, 0.15) is 5.75 Å². The highest BCUT2D eigenvalue weighted by Gasteiger charge is 2.12. The van der Waals surface area contributed by atoms with Crippen molar-refractivity contribution in [1.29, 1.82) is 0 Å². The van der Waals surface area contributed by atoms with Gasteiger partial charge in [0, 0.05) is 11.8 Å². The van der Waals surface area contributed by atoms with E-state index in [1.54, 1.807) is 6.07 Å². The van der Waals surface area contributed by atoms with Crippen LogP contribution >= 0.6 is 6.72 Å². The summed E-state index contributed by atoms with van der Waals surface area (Å²) in [5.74, 6) is 1.28. The molecule has 0 aliphatic carbocycles. The Labute approximate surface area is 127 Å². The largest absolute Gasteiger partial charge is 0.424 e. The van der Waals surface area contributed by atoms with Crippen molar-refractivity contribution in [2.45, 2.75) is 52.4 Å². The Morgan fingerprint density at radius 1 is 1.10 bits per heavy atom. The molecular formula is C15H25O3PS. The fraction of sp³-hybridized carbons (Fsp3) is 0.600. The summed E-state index contributed by atoms with van der Waals surface area (Å²) in [5.41, 5.74) is 0.994. The number of hydrogen-bond donors (Lipinski definition) is 2. The lowest BCUT2D eigenvalue weighted by molar-refractivity contribution is 0.368. The van der Waals surface area contributed by atoms with Gasteiger partial charge in [0.15, 0.2) is 0 Å². The van der Waals surface area contributed by atoms with Crippen LogP contribution in [0.3, 0.4) is 0 Å². The summed E-state index contributed by atoms with van der Waals surface area (Å²) in [6.07, 6.45) is 6.97. The Balaban J connectivity index is 2.38. The van der Waals surface area contributed by atoms with E-state index in [0.29, 0.717) is 5.75 Å². The van der Waals surface area contributed by atoms with E-state index >= 15 is 0 Å². The number of aryl methyl sites for hydroxylation is 1. The quantitative estimate of drug-likeness (QED) is 0.523. The van der Waals surface area contributed by atoms with Crippen LogP contribution in [0.25, 0.3) is 0 Å². The highest BCUT2D eigenvalue weighted by atomic mass is 32.5. The molecule has 20 heavy (non-hydrogen) atoms. The molecular weight excluding hydrogens is 291 g/mol. The van der Waals surface area contributed by atoms with Gasteiger partial charge in [-0.1, -0.05) is 57.7 Å². The molecule has 5 heteroatoms. The fourth-order valence-electron chi connectivity index (χ4n) is 2.15. The maximum atomic E-state index is 9.25. The van der Waals surface area contributed by atoms with Crippen LogP contribution < -0.4 is 4.52 Å². The molecule has 0 saturated carbocycles. The Morgan fingerprint density at radius 3 is 2.40 bits per heavy atom. The molecule has 2 N–H and O–H groups in total. The van der Waals surface area contributed by atoms with Gasteiger partial charge in [0.05, 0.1) is 0 Å². The third-order valence-electron chi connectivity index (χ3n) is 3.17. The van der Waals surface area contributed by atoms with Crippen LogP contribution in [0.4, 0.5) is 0 Å². The molecule has 0 unspecified atom stereocenters. The molecule has 0 aromatic heterocycles. The third-order valence-corrected chi connectivity index (χ3v) is 3.83. The molecule has 0 fully saturated rings. The molecule has 0 aliphatic heterocycles. The molecule has 3 nitrogen and oxygen atoms in total. The van der Waals surface area contributed by atoms with Gasteiger partial charge in [-0.15, -0.1) is 0 Å². The average molecular weight is 316 g/mol. The molecule has 1 aromatic carbocycles. The Hall–Kier alpha value is -0.410. The first-order valence-corrected chi connectivity index (χ1v) is 9.84. The standard InChI is InChI=1S/C15H25O3PS/c1-13(2)9-5-3-4-6-10-14-11-7-8-12-15(14)18-19(16,17)20/h7-8,11-13H,3-6,9-10H2,1-2H3,(H2,16,17,20). The third kappa shape index (κ3) is 8.01. The molecule has 0 saturated heterocycles. The van der Waals surface area contributed by atoms with Gasteiger partial charge in [0.25, 0.3) is 0 Å². The molecule has 0 aliphatic rings. The average Bonchev–Trinajstić information content (AvgIpc) is 2.33. The van der Waals surface area contributed by atoms with Crippen LogP contribution in [0.2, 0.25) is 0 Å². The topological polar surface area (TPSA) is 49.7 Å². The minimum atomic E-state index is -3.64. The summed E-state index contributed by atoms with van der Waals surface area (Å²) in [5, 5.41) is 0. The minimum Gasteiger partial charge on any atom is -0.424 e. The maximum Gasteiger partial charge on any atom is 0.375 e. The molecule has 0 heterocycles. The normalized spacial score (nSPS) is 11.8. The van der Waals surface area contributed by atoms with Crippen molar-refractivity contribution in [3.63, 3.8) is 0 Å². The molecule has 0 spiro atoms. The van der Waals surface area contributed by atoms with E-state index in [-0.39, 0.29) is 0 Å². The summed E-state index contributed by atoms with van der Waals surface area (Å²) in [6, 6.07) is 7.43. The predicted octanol–water partition coefficient (Wildman–Crippen LogP) is 4.42. The highest BCUT2D eigenvalue weighted by Crippen LogP contribution is 2.39. The SMILES string of the molecule is CC(C)CCCCCCc1ccccc1OP(O)(O)=S. The number of benzene rings is 1. The number of rotatable bonds is 9.